The predicted molar refractivity (Wildman–Crippen MR) is 66.9 cm³/mol. The number of benzene rings is 1. The lowest BCUT2D eigenvalue weighted by molar-refractivity contribution is -0.140. The Morgan fingerprint density at radius 1 is 1.32 bits per heavy atom. The summed E-state index contributed by atoms with van der Waals surface area (Å²) in [6.07, 6.45) is 0. The van der Waals surface area contributed by atoms with E-state index >= 15 is 0 Å². The summed E-state index contributed by atoms with van der Waals surface area (Å²) < 4.78 is 0. The van der Waals surface area contributed by atoms with Gasteiger partial charge in [0, 0.05) is 12.6 Å². The van der Waals surface area contributed by atoms with E-state index in [1.807, 2.05) is 0 Å². The number of carbonyl (C=O) groups excluding carboxylic acids is 2. The van der Waals surface area contributed by atoms with Crippen molar-refractivity contribution in [3.63, 3.8) is 0 Å². The molecule has 1 saturated carbocycles. The highest BCUT2D eigenvalue weighted by molar-refractivity contribution is 6.19. The maximum atomic E-state index is 12.6. The normalized spacial score (nSPS) is 32.4. The van der Waals surface area contributed by atoms with Gasteiger partial charge in [-0.15, -0.1) is 0 Å². The van der Waals surface area contributed by atoms with E-state index in [9.17, 15) is 19.5 Å². The number of nitrogens with zero attached hydrogens (tertiary/aromatic N) is 1. The lowest BCUT2D eigenvalue weighted by atomic mass is 9.92. The molecule has 1 fully saturated rings. The van der Waals surface area contributed by atoms with Crippen LogP contribution >= 0.6 is 0 Å². The summed E-state index contributed by atoms with van der Waals surface area (Å²) >= 11 is 0. The second-order valence-corrected chi connectivity index (χ2v) is 5.32. The van der Waals surface area contributed by atoms with Crippen molar-refractivity contribution in [2.24, 2.45) is 17.3 Å². The van der Waals surface area contributed by atoms with Crippen LogP contribution in [0.5, 0.6) is 0 Å². The molecule has 0 spiro atoms. The van der Waals surface area contributed by atoms with Gasteiger partial charge in [-0.2, -0.15) is 0 Å². The molecule has 0 radical (unpaired) electrons. The number of amides is 1. The number of aliphatic carboxylic acids is 1. The standard InChI is InChI=1S/C14H13NO4/c1-14-9(10(14)13(18)19)12(17)15(2)8-6-4-3-5-7(8)11(14)16/h3-6,9-10H,1-2H3,(H,18,19)/t9-,10+,14+/m1/s1. The molecular weight excluding hydrogens is 246 g/mol. The smallest absolute Gasteiger partial charge is 0.308 e. The molecule has 1 N–H and O–H groups in total. The topological polar surface area (TPSA) is 74.7 Å². The van der Waals surface area contributed by atoms with Crippen molar-refractivity contribution in [2.75, 3.05) is 11.9 Å². The Morgan fingerprint density at radius 2 is 1.95 bits per heavy atom. The van der Waals surface area contributed by atoms with Crippen molar-refractivity contribution >= 4 is 23.3 Å². The highest BCUT2D eigenvalue weighted by Gasteiger charge is 2.74. The Morgan fingerprint density at radius 3 is 2.58 bits per heavy atom. The molecular formula is C14H13NO4. The fourth-order valence-electron chi connectivity index (χ4n) is 3.17. The molecule has 0 bridgehead atoms. The van der Waals surface area contributed by atoms with Gasteiger partial charge in [-0.3, -0.25) is 14.4 Å². The van der Waals surface area contributed by atoms with Gasteiger partial charge >= 0.3 is 5.97 Å². The summed E-state index contributed by atoms with van der Waals surface area (Å²) in [6.45, 7) is 1.58. The van der Waals surface area contributed by atoms with E-state index in [0.717, 1.165) is 0 Å². The minimum Gasteiger partial charge on any atom is -0.481 e. The molecule has 1 heterocycles. The second kappa shape index (κ2) is 3.44. The number of hydrogen-bond donors (Lipinski definition) is 1. The number of fused-ring (bicyclic) bond motifs is 2. The quantitative estimate of drug-likeness (QED) is 0.821. The van der Waals surface area contributed by atoms with Crippen molar-refractivity contribution in [3.8, 4) is 0 Å². The van der Waals surface area contributed by atoms with E-state index in [-0.39, 0.29) is 11.7 Å². The number of para-hydroxylation sites is 1. The van der Waals surface area contributed by atoms with Crippen LogP contribution in [0.25, 0.3) is 0 Å². The highest BCUT2D eigenvalue weighted by Crippen LogP contribution is 2.62. The van der Waals surface area contributed by atoms with Crippen molar-refractivity contribution in [2.45, 2.75) is 6.92 Å². The Kier molecular flexibility index (Phi) is 2.15. The van der Waals surface area contributed by atoms with Crippen molar-refractivity contribution in [1.29, 1.82) is 0 Å². The average molecular weight is 259 g/mol. The van der Waals surface area contributed by atoms with Crippen LogP contribution in [-0.4, -0.2) is 29.8 Å². The molecule has 5 heteroatoms. The summed E-state index contributed by atoms with van der Waals surface area (Å²) in [5, 5.41) is 9.19. The monoisotopic (exact) mass is 259 g/mol. The van der Waals surface area contributed by atoms with Crippen molar-refractivity contribution in [1.82, 2.24) is 0 Å². The minimum atomic E-state index is -1.11. The molecule has 0 aromatic heterocycles. The van der Waals surface area contributed by atoms with Crippen LogP contribution in [0.4, 0.5) is 5.69 Å². The number of Topliss-reactive ketones (excluding diaryl/α,β-unsaturated/α-hetero) is 1. The Balaban J connectivity index is 2.20. The van der Waals surface area contributed by atoms with Gasteiger partial charge in [-0.05, 0) is 12.1 Å². The third kappa shape index (κ3) is 1.27. The van der Waals surface area contributed by atoms with Gasteiger partial charge in [0.05, 0.1) is 22.9 Å². The van der Waals surface area contributed by atoms with Crippen LogP contribution < -0.4 is 4.90 Å². The highest BCUT2D eigenvalue weighted by atomic mass is 16.4. The third-order valence-electron chi connectivity index (χ3n) is 4.38. The maximum absolute atomic E-state index is 12.6. The van der Waals surface area contributed by atoms with E-state index in [0.29, 0.717) is 11.3 Å². The molecule has 2 aliphatic rings. The van der Waals surface area contributed by atoms with Gasteiger partial charge in [0.25, 0.3) is 0 Å². The summed E-state index contributed by atoms with van der Waals surface area (Å²) in [5.74, 6) is -3.30. The summed E-state index contributed by atoms with van der Waals surface area (Å²) in [5.41, 5.74) is -0.133. The Hall–Kier alpha value is -2.17. The van der Waals surface area contributed by atoms with Gasteiger partial charge in [0.2, 0.25) is 5.91 Å². The van der Waals surface area contributed by atoms with Crippen molar-refractivity contribution < 1.29 is 19.5 Å². The second-order valence-electron chi connectivity index (χ2n) is 5.32. The number of ketones is 1. The van der Waals surface area contributed by atoms with E-state index in [1.165, 1.54) is 4.90 Å². The van der Waals surface area contributed by atoms with Crippen LogP contribution in [0.3, 0.4) is 0 Å². The van der Waals surface area contributed by atoms with Crippen LogP contribution in [-0.2, 0) is 9.59 Å². The maximum Gasteiger partial charge on any atom is 0.308 e. The number of anilines is 1. The lowest BCUT2D eigenvalue weighted by Crippen LogP contribution is -2.29. The Bertz CT molecular complexity index is 624. The molecule has 5 nitrogen and oxygen atoms in total. The molecule has 0 saturated heterocycles. The number of carboxylic acid groups (broad SMARTS) is 1. The molecule has 19 heavy (non-hydrogen) atoms. The summed E-state index contributed by atoms with van der Waals surface area (Å²) in [6, 6.07) is 6.82. The van der Waals surface area contributed by atoms with Crippen LogP contribution in [0.2, 0.25) is 0 Å². The largest absolute Gasteiger partial charge is 0.481 e. The molecule has 1 aliphatic carbocycles. The molecule has 3 atom stereocenters. The predicted octanol–water partition coefficient (Wildman–Crippen LogP) is 1.18. The first-order chi connectivity index (χ1) is 8.90. The van der Waals surface area contributed by atoms with E-state index in [2.05, 4.69) is 0 Å². The fraction of sp³-hybridized carbons (Fsp3) is 0.357. The minimum absolute atomic E-state index is 0.252. The Labute approximate surface area is 109 Å². The first-order valence-corrected chi connectivity index (χ1v) is 6.05. The molecule has 0 unspecified atom stereocenters. The van der Waals surface area contributed by atoms with Crippen LogP contribution in [0.15, 0.2) is 24.3 Å². The fourth-order valence-corrected chi connectivity index (χ4v) is 3.17. The zero-order chi connectivity index (χ0) is 13.9. The number of carboxylic acids is 1. The van der Waals surface area contributed by atoms with Crippen LogP contribution in [0, 0.1) is 17.3 Å². The molecule has 1 amide bonds. The average Bonchev–Trinajstić information content (AvgIpc) is 3.04. The molecule has 1 aromatic carbocycles. The molecule has 1 aromatic rings. The van der Waals surface area contributed by atoms with E-state index < -0.39 is 23.2 Å². The SMILES string of the molecule is CN1C(=O)[C@H]2[C@@H](C(=O)O)[C@@]2(C)C(=O)c2ccccc21. The number of hydrogen-bond acceptors (Lipinski definition) is 3. The first kappa shape index (κ1) is 11.9. The van der Waals surface area contributed by atoms with Crippen molar-refractivity contribution in [3.05, 3.63) is 29.8 Å². The lowest BCUT2D eigenvalue weighted by Gasteiger charge is -2.18. The van der Waals surface area contributed by atoms with Gasteiger partial charge < -0.3 is 10.0 Å². The number of rotatable bonds is 1. The van der Waals surface area contributed by atoms with Gasteiger partial charge in [0.1, 0.15) is 0 Å². The molecule has 98 valence electrons. The molecule has 3 rings (SSSR count). The van der Waals surface area contributed by atoms with Gasteiger partial charge in [-0.1, -0.05) is 19.1 Å². The van der Waals surface area contributed by atoms with E-state index in [1.54, 1.807) is 38.2 Å². The summed E-state index contributed by atoms with van der Waals surface area (Å²) in [7, 11) is 1.58. The van der Waals surface area contributed by atoms with Crippen LogP contribution in [0.1, 0.15) is 17.3 Å². The van der Waals surface area contributed by atoms with Gasteiger partial charge in [0.15, 0.2) is 5.78 Å². The number of carbonyl (C=O) groups is 3. The summed E-state index contributed by atoms with van der Waals surface area (Å²) in [4.78, 5) is 37.5. The zero-order valence-corrected chi connectivity index (χ0v) is 10.6. The molecule has 1 aliphatic heterocycles. The van der Waals surface area contributed by atoms with E-state index in [4.69, 9.17) is 0 Å². The van der Waals surface area contributed by atoms with Gasteiger partial charge in [-0.25, -0.2) is 0 Å². The first-order valence-electron chi connectivity index (χ1n) is 6.05. The third-order valence-corrected chi connectivity index (χ3v) is 4.38. The zero-order valence-electron chi connectivity index (χ0n) is 10.6.